The number of ether oxygens (including phenoxy) is 2. The van der Waals surface area contributed by atoms with Crippen molar-refractivity contribution >= 4 is 12.1 Å². The fourth-order valence-corrected chi connectivity index (χ4v) is 0.829. The number of nitrogens with zero attached hydrogens (tertiary/aromatic N) is 1. The molecule has 90 valence electrons. The summed E-state index contributed by atoms with van der Waals surface area (Å²) in [7, 11) is 1.21. The maximum atomic E-state index is 11.3. The average Bonchev–Trinajstić information content (AvgIpc) is 2.13. The van der Waals surface area contributed by atoms with Crippen molar-refractivity contribution in [3.05, 3.63) is 0 Å². The third-order valence-corrected chi connectivity index (χ3v) is 1.45. The molecule has 0 bridgehead atoms. The van der Waals surface area contributed by atoms with E-state index in [1.54, 1.807) is 26.8 Å². The molecule has 1 atom stereocenters. The summed E-state index contributed by atoms with van der Waals surface area (Å²) in [6.07, 6.45) is -0.936. The lowest BCUT2D eigenvalue weighted by Gasteiger charge is -2.20. The zero-order valence-electron chi connectivity index (χ0n) is 9.86. The molecule has 0 aromatic carbocycles. The van der Waals surface area contributed by atoms with E-state index in [2.05, 4.69) is 10.1 Å². The first kappa shape index (κ1) is 14.2. The van der Waals surface area contributed by atoms with Crippen LogP contribution in [0.15, 0.2) is 0 Å². The Labute approximate surface area is 94.5 Å². The van der Waals surface area contributed by atoms with Crippen LogP contribution in [0.2, 0.25) is 0 Å². The molecule has 0 saturated carbocycles. The molecule has 1 N–H and O–H groups in total. The molecule has 0 aromatic rings. The second-order valence-corrected chi connectivity index (χ2v) is 4.11. The Morgan fingerprint density at radius 3 is 2.38 bits per heavy atom. The summed E-state index contributed by atoms with van der Waals surface area (Å²) in [5.74, 6) is -0.567. The first-order valence-electron chi connectivity index (χ1n) is 4.74. The molecule has 0 aliphatic rings. The molecule has 0 spiro atoms. The Morgan fingerprint density at radius 2 is 2.00 bits per heavy atom. The summed E-state index contributed by atoms with van der Waals surface area (Å²) >= 11 is 0. The molecule has 0 radical (unpaired) electrons. The smallest absolute Gasteiger partial charge is 0.408 e. The standard InChI is InChI=1S/C10H16N2O4/c1-10(2,3)16-9(14)12-7(6-11)5-8(13)15-4/h7H,5H2,1-4H3,(H,12,14). The molecule has 1 amide bonds. The molecule has 0 aliphatic heterocycles. The van der Waals surface area contributed by atoms with Crippen LogP contribution in [-0.2, 0) is 14.3 Å². The minimum absolute atomic E-state index is 0.202. The number of rotatable bonds is 3. The third kappa shape index (κ3) is 6.65. The average molecular weight is 228 g/mol. The fourth-order valence-electron chi connectivity index (χ4n) is 0.829. The molecule has 6 nitrogen and oxygen atoms in total. The Bertz CT molecular complexity index is 301. The number of hydrogen-bond acceptors (Lipinski definition) is 5. The van der Waals surface area contributed by atoms with E-state index in [4.69, 9.17) is 10.00 Å². The number of carbonyl (C=O) groups excluding carboxylic acids is 2. The van der Waals surface area contributed by atoms with Gasteiger partial charge in [-0.15, -0.1) is 0 Å². The van der Waals surface area contributed by atoms with Crippen LogP contribution in [0.3, 0.4) is 0 Å². The fraction of sp³-hybridized carbons (Fsp3) is 0.700. The van der Waals surface area contributed by atoms with E-state index in [-0.39, 0.29) is 6.42 Å². The number of hydrogen-bond donors (Lipinski definition) is 1. The van der Waals surface area contributed by atoms with Gasteiger partial charge >= 0.3 is 12.1 Å². The highest BCUT2D eigenvalue weighted by Crippen LogP contribution is 2.07. The summed E-state index contributed by atoms with van der Waals surface area (Å²) in [6, 6.07) is 0.829. The van der Waals surface area contributed by atoms with Crippen LogP contribution in [0.1, 0.15) is 27.2 Å². The molecule has 0 heterocycles. The van der Waals surface area contributed by atoms with Crippen molar-refractivity contribution in [2.45, 2.75) is 38.8 Å². The Kier molecular flexibility index (Phi) is 5.30. The van der Waals surface area contributed by atoms with Gasteiger partial charge in [-0.25, -0.2) is 4.79 Å². The second-order valence-electron chi connectivity index (χ2n) is 4.11. The van der Waals surface area contributed by atoms with Gasteiger partial charge in [0.05, 0.1) is 19.6 Å². The van der Waals surface area contributed by atoms with Crippen LogP contribution >= 0.6 is 0 Å². The van der Waals surface area contributed by atoms with Crippen LogP contribution in [0.25, 0.3) is 0 Å². The molecular weight excluding hydrogens is 212 g/mol. The van der Waals surface area contributed by atoms with Crippen LogP contribution < -0.4 is 5.32 Å². The molecule has 16 heavy (non-hydrogen) atoms. The molecule has 0 rings (SSSR count). The number of esters is 1. The summed E-state index contributed by atoms with van der Waals surface area (Å²) in [6.45, 7) is 5.11. The highest BCUT2D eigenvalue weighted by molar-refractivity contribution is 5.73. The van der Waals surface area contributed by atoms with E-state index in [0.717, 1.165) is 0 Å². The summed E-state index contributed by atoms with van der Waals surface area (Å²) in [5.41, 5.74) is -0.643. The first-order valence-corrected chi connectivity index (χ1v) is 4.74. The Balaban J connectivity index is 4.19. The maximum Gasteiger partial charge on any atom is 0.408 e. The van der Waals surface area contributed by atoms with Crippen LogP contribution in [0.4, 0.5) is 4.79 Å². The molecule has 0 saturated heterocycles. The van der Waals surface area contributed by atoms with Crippen molar-refractivity contribution in [3.8, 4) is 6.07 Å². The third-order valence-electron chi connectivity index (χ3n) is 1.45. The number of nitriles is 1. The summed E-state index contributed by atoms with van der Waals surface area (Å²) in [4.78, 5) is 22.1. The molecule has 1 unspecified atom stereocenters. The van der Waals surface area contributed by atoms with Crippen LogP contribution in [0.5, 0.6) is 0 Å². The quantitative estimate of drug-likeness (QED) is 0.727. The minimum Gasteiger partial charge on any atom is -0.469 e. The van der Waals surface area contributed by atoms with Gasteiger partial charge in [0.1, 0.15) is 11.6 Å². The van der Waals surface area contributed by atoms with Crippen molar-refractivity contribution in [2.24, 2.45) is 0 Å². The van der Waals surface area contributed by atoms with Gasteiger partial charge < -0.3 is 14.8 Å². The number of alkyl carbamates (subject to hydrolysis) is 1. The van der Waals surface area contributed by atoms with Gasteiger partial charge in [0.25, 0.3) is 0 Å². The van der Waals surface area contributed by atoms with Gasteiger partial charge in [0.15, 0.2) is 0 Å². The van der Waals surface area contributed by atoms with Crippen LogP contribution in [0, 0.1) is 11.3 Å². The van der Waals surface area contributed by atoms with E-state index >= 15 is 0 Å². The lowest BCUT2D eigenvalue weighted by atomic mass is 10.2. The van der Waals surface area contributed by atoms with E-state index in [1.807, 2.05) is 0 Å². The molecular formula is C10H16N2O4. The van der Waals surface area contributed by atoms with E-state index < -0.39 is 23.7 Å². The maximum absolute atomic E-state index is 11.3. The summed E-state index contributed by atoms with van der Waals surface area (Å²) in [5, 5.41) is 11.0. The van der Waals surface area contributed by atoms with Crippen molar-refractivity contribution in [1.29, 1.82) is 5.26 Å². The van der Waals surface area contributed by atoms with Crippen molar-refractivity contribution < 1.29 is 19.1 Å². The monoisotopic (exact) mass is 228 g/mol. The number of carbonyl (C=O) groups is 2. The van der Waals surface area contributed by atoms with Gasteiger partial charge in [-0.2, -0.15) is 5.26 Å². The van der Waals surface area contributed by atoms with Gasteiger partial charge in [-0.3, -0.25) is 4.79 Å². The molecule has 0 aromatic heterocycles. The van der Waals surface area contributed by atoms with Gasteiger partial charge in [0.2, 0.25) is 0 Å². The molecule has 0 aliphatic carbocycles. The minimum atomic E-state index is -0.942. The second kappa shape index (κ2) is 5.95. The topological polar surface area (TPSA) is 88.4 Å². The predicted molar refractivity (Wildman–Crippen MR) is 55.4 cm³/mol. The number of methoxy groups -OCH3 is 1. The highest BCUT2D eigenvalue weighted by atomic mass is 16.6. The molecule has 0 fully saturated rings. The van der Waals surface area contributed by atoms with Crippen molar-refractivity contribution in [3.63, 3.8) is 0 Å². The van der Waals surface area contributed by atoms with Gasteiger partial charge in [-0.1, -0.05) is 0 Å². The predicted octanol–water partition coefficient (Wildman–Crippen LogP) is 0.966. The normalized spacial score (nSPS) is 12.2. The lowest BCUT2D eigenvalue weighted by molar-refractivity contribution is -0.140. The van der Waals surface area contributed by atoms with Gasteiger partial charge in [-0.05, 0) is 20.8 Å². The summed E-state index contributed by atoms with van der Waals surface area (Å²) < 4.78 is 9.31. The van der Waals surface area contributed by atoms with Crippen LogP contribution in [-0.4, -0.2) is 30.8 Å². The van der Waals surface area contributed by atoms with E-state index in [1.165, 1.54) is 7.11 Å². The Morgan fingerprint density at radius 1 is 1.44 bits per heavy atom. The number of nitrogens with one attached hydrogen (secondary N) is 1. The largest absolute Gasteiger partial charge is 0.469 e. The van der Waals surface area contributed by atoms with Gasteiger partial charge in [0, 0.05) is 0 Å². The first-order chi connectivity index (χ1) is 7.28. The van der Waals surface area contributed by atoms with Crippen molar-refractivity contribution in [2.75, 3.05) is 7.11 Å². The van der Waals surface area contributed by atoms with E-state index in [0.29, 0.717) is 0 Å². The zero-order chi connectivity index (χ0) is 12.8. The van der Waals surface area contributed by atoms with Crippen molar-refractivity contribution in [1.82, 2.24) is 5.32 Å². The Hall–Kier alpha value is -1.77. The lowest BCUT2D eigenvalue weighted by Crippen LogP contribution is -2.39. The SMILES string of the molecule is COC(=O)CC(C#N)NC(=O)OC(C)(C)C. The number of amides is 1. The highest BCUT2D eigenvalue weighted by Gasteiger charge is 2.21. The molecule has 6 heteroatoms. The zero-order valence-corrected chi connectivity index (χ0v) is 9.86. The van der Waals surface area contributed by atoms with E-state index in [9.17, 15) is 9.59 Å².